The van der Waals surface area contributed by atoms with Crippen LogP contribution in [0.5, 0.6) is 0 Å². The van der Waals surface area contributed by atoms with Crippen molar-refractivity contribution in [1.29, 1.82) is 0 Å². The first-order chi connectivity index (χ1) is 14.4. The quantitative estimate of drug-likeness (QED) is 0.640. The third-order valence-electron chi connectivity index (χ3n) is 5.81. The van der Waals surface area contributed by atoms with E-state index in [1.54, 1.807) is 6.20 Å². The molecule has 1 aromatic carbocycles. The predicted octanol–water partition coefficient (Wildman–Crippen LogP) is 2.14. The van der Waals surface area contributed by atoms with Gasteiger partial charge in [-0.25, -0.2) is 13.4 Å². The van der Waals surface area contributed by atoms with Crippen molar-refractivity contribution in [2.45, 2.75) is 18.3 Å². The Morgan fingerprint density at radius 3 is 2.50 bits per heavy atom. The SMILES string of the molecule is O=C(NCCS(=O)(=O)N1CCN(c2ccccn2)CC1)C1(c2cccc(Br)c2)CC1. The number of carbonyl (C=O) groups is 1. The number of aromatic nitrogens is 1. The van der Waals surface area contributed by atoms with E-state index in [2.05, 4.69) is 31.1 Å². The smallest absolute Gasteiger partial charge is 0.230 e. The summed E-state index contributed by atoms with van der Waals surface area (Å²) < 4.78 is 27.9. The normalized spacial score (nSPS) is 18.8. The second-order valence-corrected chi connectivity index (χ2v) is 10.7. The second kappa shape index (κ2) is 8.64. The maximum atomic E-state index is 12.8. The number of hydrogen-bond acceptors (Lipinski definition) is 5. The topological polar surface area (TPSA) is 82.6 Å². The molecule has 1 aliphatic carbocycles. The molecule has 1 amide bonds. The average Bonchev–Trinajstić information content (AvgIpc) is 3.57. The van der Waals surface area contributed by atoms with Crippen LogP contribution >= 0.6 is 15.9 Å². The van der Waals surface area contributed by atoms with Crippen LogP contribution in [0.25, 0.3) is 0 Å². The molecule has 2 heterocycles. The van der Waals surface area contributed by atoms with Gasteiger partial charge in [-0.3, -0.25) is 4.79 Å². The van der Waals surface area contributed by atoms with Gasteiger partial charge < -0.3 is 10.2 Å². The molecule has 30 heavy (non-hydrogen) atoms. The van der Waals surface area contributed by atoms with E-state index in [0.29, 0.717) is 26.2 Å². The van der Waals surface area contributed by atoms with Gasteiger partial charge in [0.05, 0.1) is 11.2 Å². The van der Waals surface area contributed by atoms with E-state index in [-0.39, 0.29) is 18.2 Å². The van der Waals surface area contributed by atoms with E-state index in [1.807, 2.05) is 42.5 Å². The van der Waals surface area contributed by atoms with Crippen molar-refractivity contribution >= 4 is 37.7 Å². The molecule has 160 valence electrons. The van der Waals surface area contributed by atoms with Crippen molar-refractivity contribution in [1.82, 2.24) is 14.6 Å². The molecular weight excluding hydrogens is 468 g/mol. The summed E-state index contributed by atoms with van der Waals surface area (Å²) in [6.45, 7) is 2.18. The number of nitrogens with zero attached hydrogens (tertiary/aromatic N) is 3. The molecule has 4 rings (SSSR count). The van der Waals surface area contributed by atoms with Gasteiger partial charge in [-0.15, -0.1) is 0 Å². The third kappa shape index (κ3) is 4.53. The Hall–Kier alpha value is -1.97. The number of halogens is 1. The monoisotopic (exact) mass is 492 g/mol. The van der Waals surface area contributed by atoms with Gasteiger partial charge in [0.1, 0.15) is 5.82 Å². The zero-order valence-electron chi connectivity index (χ0n) is 16.6. The summed E-state index contributed by atoms with van der Waals surface area (Å²) in [5.74, 6) is 0.691. The Bertz CT molecular complexity index is 1000. The van der Waals surface area contributed by atoms with Gasteiger partial charge >= 0.3 is 0 Å². The van der Waals surface area contributed by atoms with Crippen molar-refractivity contribution < 1.29 is 13.2 Å². The van der Waals surface area contributed by atoms with Gasteiger partial charge in [-0.1, -0.05) is 34.1 Å². The molecule has 1 aliphatic heterocycles. The van der Waals surface area contributed by atoms with E-state index >= 15 is 0 Å². The van der Waals surface area contributed by atoms with Crippen molar-refractivity contribution in [2.24, 2.45) is 0 Å². The lowest BCUT2D eigenvalue weighted by Crippen LogP contribution is -2.50. The summed E-state index contributed by atoms with van der Waals surface area (Å²) >= 11 is 3.45. The van der Waals surface area contributed by atoms with E-state index in [0.717, 1.165) is 28.7 Å². The summed E-state index contributed by atoms with van der Waals surface area (Å²) in [5.41, 5.74) is 0.463. The van der Waals surface area contributed by atoms with Crippen LogP contribution in [0.3, 0.4) is 0 Å². The van der Waals surface area contributed by atoms with E-state index < -0.39 is 15.4 Å². The molecule has 1 N–H and O–H groups in total. The summed E-state index contributed by atoms with van der Waals surface area (Å²) in [6, 6.07) is 13.5. The largest absolute Gasteiger partial charge is 0.354 e. The van der Waals surface area contributed by atoms with Crippen LogP contribution in [0.4, 0.5) is 5.82 Å². The predicted molar refractivity (Wildman–Crippen MR) is 120 cm³/mol. The van der Waals surface area contributed by atoms with Gasteiger partial charge in [0, 0.05) is 43.4 Å². The highest BCUT2D eigenvalue weighted by Gasteiger charge is 2.51. The number of anilines is 1. The van der Waals surface area contributed by atoms with Crippen molar-refractivity contribution in [3.8, 4) is 0 Å². The number of sulfonamides is 1. The van der Waals surface area contributed by atoms with E-state index in [4.69, 9.17) is 0 Å². The van der Waals surface area contributed by atoms with Gasteiger partial charge in [-0.2, -0.15) is 4.31 Å². The maximum absolute atomic E-state index is 12.8. The molecule has 0 bridgehead atoms. The maximum Gasteiger partial charge on any atom is 0.230 e. The molecule has 2 fully saturated rings. The third-order valence-corrected chi connectivity index (χ3v) is 8.18. The molecule has 0 spiro atoms. The highest BCUT2D eigenvalue weighted by Crippen LogP contribution is 2.48. The Morgan fingerprint density at radius 2 is 1.87 bits per heavy atom. The second-order valence-electron chi connectivity index (χ2n) is 7.74. The Balaban J connectivity index is 1.28. The standard InChI is InChI=1S/C21H25BrN4O3S/c22-18-5-3-4-17(16-18)21(7-8-21)20(27)24-10-15-30(28,29)26-13-11-25(12-14-26)19-6-1-2-9-23-19/h1-6,9,16H,7-8,10-15H2,(H,24,27). The molecule has 9 heteroatoms. The van der Waals surface area contributed by atoms with Crippen LogP contribution in [0.2, 0.25) is 0 Å². The Kier molecular flexibility index (Phi) is 6.13. The van der Waals surface area contributed by atoms with Gasteiger partial charge in [0.15, 0.2) is 0 Å². The van der Waals surface area contributed by atoms with Crippen molar-refractivity contribution in [2.75, 3.05) is 43.4 Å². The summed E-state index contributed by atoms with van der Waals surface area (Å²) in [6.07, 6.45) is 3.32. The highest BCUT2D eigenvalue weighted by atomic mass is 79.9. The number of benzene rings is 1. The lowest BCUT2D eigenvalue weighted by Gasteiger charge is -2.34. The average molecular weight is 493 g/mol. The summed E-state index contributed by atoms with van der Waals surface area (Å²) in [7, 11) is -3.42. The number of piperazine rings is 1. The molecule has 1 aromatic heterocycles. The molecule has 0 unspecified atom stereocenters. The van der Waals surface area contributed by atoms with E-state index in [9.17, 15) is 13.2 Å². The Morgan fingerprint density at radius 1 is 1.10 bits per heavy atom. The summed E-state index contributed by atoms with van der Waals surface area (Å²) in [5, 5.41) is 2.85. The first kappa shape index (κ1) is 21.3. The van der Waals surface area contributed by atoms with Crippen LogP contribution in [-0.2, 0) is 20.2 Å². The van der Waals surface area contributed by atoms with E-state index in [1.165, 1.54) is 4.31 Å². The lowest BCUT2D eigenvalue weighted by molar-refractivity contribution is -0.123. The minimum absolute atomic E-state index is 0.0864. The first-order valence-electron chi connectivity index (χ1n) is 10.1. The molecule has 7 nitrogen and oxygen atoms in total. The van der Waals surface area contributed by atoms with Gasteiger partial charge in [0.25, 0.3) is 0 Å². The molecule has 0 radical (unpaired) electrons. The number of pyridine rings is 1. The highest BCUT2D eigenvalue weighted by molar-refractivity contribution is 9.10. The van der Waals surface area contributed by atoms with Gasteiger partial charge in [0.2, 0.25) is 15.9 Å². The molecule has 1 saturated heterocycles. The fourth-order valence-corrected chi connectivity index (χ4v) is 5.62. The number of nitrogens with one attached hydrogen (secondary N) is 1. The van der Waals surface area contributed by atoms with Crippen molar-refractivity contribution in [3.63, 3.8) is 0 Å². The van der Waals surface area contributed by atoms with Crippen LogP contribution in [0, 0.1) is 0 Å². The zero-order chi connectivity index (χ0) is 21.2. The number of rotatable bonds is 7. The summed E-state index contributed by atoms with van der Waals surface area (Å²) in [4.78, 5) is 19.2. The van der Waals surface area contributed by atoms with Crippen LogP contribution in [0.15, 0.2) is 53.1 Å². The van der Waals surface area contributed by atoms with Crippen LogP contribution in [-0.4, -0.2) is 62.1 Å². The van der Waals surface area contributed by atoms with Crippen molar-refractivity contribution in [3.05, 3.63) is 58.7 Å². The number of amides is 1. The minimum atomic E-state index is -3.42. The molecular formula is C21H25BrN4O3S. The minimum Gasteiger partial charge on any atom is -0.354 e. The number of hydrogen-bond donors (Lipinski definition) is 1. The Labute approximate surface area is 185 Å². The fourth-order valence-electron chi connectivity index (χ4n) is 3.89. The molecule has 1 saturated carbocycles. The fraction of sp³-hybridized carbons (Fsp3) is 0.429. The molecule has 2 aromatic rings. The van der Waals surface area contributed by atoms with Crippen LogP contribution < -0.4 is 10.2 Å². The molecule has 0 atom stereocenters. The van der Waals surface area contributed by atoms with Crippen LogP contribution in [0.1, 0.15) is 18.4 Å². The zero-order valence-corrected chi connectivity index (χ0v) is 19.0. The molecule has 2 aliphatic rings. The first-order valence-corrected chi connectivity index (χ1v) is 12.5. The van der Waals surface area contributed by atoms with Gasteiger partial charge in [-0.05, 0) is 42.7 Å². The lowest BCUT2D eigenvalue weighted by atomic mass is 9.95. The number of carbonyl (C=O) groups excluding carboxylic acids is 1.